The maximum Gasteiger partial charge on any atom is 0.257 e. The van der Waals surface area contributed by atoms with Gasteiger partial charge in [0, 0.05) is 32.1 Å². The number of amides is 2. The third-order valence-electron chi connectivity index (χ3n) is 5.80. The van der Waals surface area contributed by atoms with Gasteiger partial charge in [-0.15, -0.1) is 0 Å². The Morgan fingerprint density at radius 3 is 2.03 bits per heavy atom. The number of furan rings is 1. The predicted molar refractivity (Wildman–Crippen MR) is 131 cm³/mol. The van der Waals surface area contributed by atoms with Crippen molar-refractivity contribution in [2.75, 3.05) is 13.1 Å². The number of carbonyl (C=O) groups is 2. The molecular formula is C28H34N2O3. The van der Waals surface area contributed by atoms with Gasteiger partial charge < -0.3 is 14.2 Å². The first-order valence-corrected chi connectivity index (χ1v) is 11.6. The third-order valence-corrected chi connectivity index (χ3v) is 5.80. The molecule has 0 unspecified atom stereocenters. The van der Waals surface area contributed by atoms with Gasteiger partial charge in [-0.3, -0.25) is 9.59 Å². The lowest BCUT2D eigenvalue weighted by Crippen LogP contribution is -2.41. The van der Waals surface area contributed by atoms with Crippen molar-refractivity contribution in [3.63, 3.8) is 0 Å². The average molecular weight is 447 g/mol. The molecule has 1 heterocycles. The van der Waals surface area contributed by atoms with Gasteiger partial charge in [0.1, 0.15) is 11.5 Å². The summed E-state index contributed by atoms with van der Waals surface area (Å²) in [5, 5.41) is 0. The topological polar surface area (TPSA) is 53.8 Å². The molecule has 0 saturated carbocycles. The highest BCUT2D eigenvalue weighted by Gasteiger charge is 2.24. The minimum absolute atomic E-state index is 0.0215. The number of carbonyl (C=O) groups excluding carboxylic acids is 2. The van der Waals surface area contributed by atoms with Crippen molar-refractivity contribution >= 4 is 11.8 Å². The molecule has 0 radical (unpaired) electrons. The van der Waals surface area contributed by atoms with Gasteiger partial charge in [0.15, 0.2) is 0 Å². The van der Waals surface area contributed by atoms with E-state index in [1.807, 2.05) is 74.2 Å². The fourth-order valence-corrected chi connectivity index (χ4v) is 3.97. The van der Waals surface area contributed by atoms with Gasteiger partial charge in [0.05, 0.1) is 5.56 Å². The van der Waals surface area contributed by atoms with E-state index in [1.165, 1.54) is 5.56 Å². The Labute approximate surface area is 197 Å². The number of nitrogens with zero attached hydrogens (tertiary/aromatic N) is 2. The molecule has 3 rings (SSSR count). The van der Waals surface area contributed by atoms with Crippen LogP contribution in [0.2, 0.25) is 0 Å². The normalized spacial score (nSPS) is 10.9. The third kappa shape index (κ3) is 6.82. The molecular weight excluding hydrogens is 412 g/mol. The molecule has 174 valence electrons. The summed E-state index contributed by atoms with van der Waals surface area (Å²) in [6, 6.07) is 22.0. The van der Waals surface area contributed by atoms with E-state index >= 15 is 0 Å². The zero-order valence-electron chi connectivity index (χ0n) is 20.1. The fraction of sp³-hybridized carbons (Fsp3) is 0.357. The van der Waals surface area contributed by atoms with Crippen LogP contribution >= 0.6 is 0 Å². The van der Waals surface area contributed by atoms with Crippen molar-refractivity contribution in [1.82, 2.24) is 9.80 Å². The molecule has 5 heteroatoms. The highest BCUT2D eigenvalue weighted by atomic mass is 16.3. The summed E-state index contributed by atoms with van der Waals surface area (Å²) in [5.74, 6) is 1.29. The van der Waals surface area contributed by atoms with Crippen molar-refractivity contribution in [3.8, 4) is 0 Å². The van der Waals surface area contributed by atoms with Crippen LogP contribution in [-0.4, -0.2) is 40.7 Å². The molecule has 0 aliphatic rings. The summed E-state index contributed by atoms with van der Waals surface area (Å²) >= 11 is 0. The molecule has 2 aromatic carbocycles. The highest BCUT2D eigenvalue weighted by molar-refractivity contribution is 5.95. The molecule has 5 nitrogen and oxygen atoms in total. The van der Waals surface area contributed by atoms with Crippen LogP contribution in [0.4, 0.5) is 0 Å². The van der Waals surface area contributed by atoms with E-state index in [0.717, 1.165) is 12.0 Å². The Morgan fingerprint density at radius 1 is 0.879 bits per heavy atom. The zero-order valence-corrected chi connectivity index (χ0v) is 20.1. The Kier molecular flexibility index (Phi) is 8.47. The lowest BCUT2D eigenvalue weighted by atomic mass is 10.1. The lowest BCUT2D eigenvalue weighted by molar-refractivity contribution is -0.132. The second-order valence-corrected chi connectivity index (χ2v) is 8.71. The molecule has 2 amide bonds. The van der Waals surface area contributed by atoms with Crippen LogP contribution in [0, 0.1) is 13.8 Å². The molecule has 0 spiro atoms. The smallest absolute Gasteiger partial charge is 0.257 e. The van der Waals surface area contributed by atoms with E-state index in [-0.39, 0.29) is 24.3 Å². The van der Waals surface area contributed by atoms with Crippen molar-refractivity contribution < 1.29 is 14.0 Å². The van der Waals surface area contributed by atoms with Gasteiger partial charge in [0.2, 0.25) is 5.91 Å². The minimum atomic E-state index is -0.0916. The van der Waals surface area contributed by atoms with Crippen molar-refractivity contribution in [2.45, 2.75) is 53.1 Å². The monoisotopic (exact) mass is 446 g/mol. The van der Waals surface area contributed by atoms with E-state index < -0.39 is 0 Å². The first kappa shape index (κ1) is 24.3. The Hall–Kier alpha value is -3.34. The van der Waals surface area contributed by atoms with Gasteiger partial charge in [0.25, 0.3) is 5.91 Å². The van der Waals surface area contributed by atoms with Crippen molar-refractivity contribution in [1.29, 1.82) is 0 Å². The van der Waals surface area contributed by atoms with Crippen LogP contribution in [0.15, 0.2) is 71.1 Å². The van der Waals surface area contributed by atoms with E-state index in [9.17, 15) is 9.59 Å². The van der Waals surface area contributed by atoms with Crippen LogP contribution < -0.4 is 0 Å². The number of rotatable bonds is 10. The van der Waals surface area contributed by atoms with Gasteiger partial charge in [-0.25, -0.2) is 0 Å². The second kappa shape index (κ2) is 11.5. The SMILES string of the molecule is Cc1cc(C(=O)N(CCC(=O)N(CCc2ccccc2)Cc2ccccc2)C(C)C)c(C)o1. The van der Waals surface area contributed by atoms with Crippen LogP contribution in [0.1, 0.15) is 53.3 Å². The molecule has 0 atom stereocenters. The maximum atomic E-state index is 13.3. The van der Waals surface area contributed by atoms with Crippen LogP contribution in [0.3, 0.4) is 0 Å². The van der Waals surface area contributed by atoms with Gasteiger partial charge in [-0.2, -0.15) is 0 Å². The molecule has 3 aromatic rings. The summed E-state index contributed by atoms with van der Waals surface area (Å²) in [6.07, 6.45) is 1.07. The standard InChI is InChI=1S/C28H34N2O3/c1-21(2)30(28(32)26-19-22(3)33-23(26)4)18-16-27(31)29(20-25-13-9-6-10-14-25)17-15-24-11-7-5-8-12-24/h5-14,19,21H,15-18,20H2,1-4H3. The number of hydrogen-bond donors (Lipinski definition) is 0. The molecule has 0 N–H and O–H groups in total. The fourth-order valence-electron chi connectivity index (χ4n) is 3.97. The van der Waals surface area contributed by atoms with Crippen molar-refractivity contribution in [3.05, 3.63) is 94.9 Å². The Morgan fingerprint density at radius 2 is 1.48 bits per heavy atom. The van der Waals surface area contributed by atoms with Crippen molar-refractivity contribution in [2.24, 2.45) is 0 Å². The molecule has 1 aromatic heterocycles. The Bertz CT molecular complexity index is 1040. The predicted octanol–water partition coefficient (Wildman–Crippen LogP) is 5.41. The lowest BCUT2D eigenvalue weighted by Gasteiger charge is -2.28. The van der Waals surface area contributed by atoms with Crippen LogP contribution in [0.25, 0.3) is 0 Å². The molecule has 0 fully saturated rings. The van der Waals surface area contributed by atoms with E-state index in [1.54, 1.807) is 17.9 Å². The first-order valence-electron chi connectivity index (χ1n) is 11.6. The van der Waals surface area contributed by atoms with E-state index in [4.69, 9.17) is 4.42 Å². The summed E-state index contributed by atoms with van der Waals surface area (Å²) in [6.45, 7) is 9.14. The molecule has 0 aliphatic carbocycles. The van der Waals surface area contributed by atoms with E-state index in [0.29, 0.717) is 36.7 Å². The summed E-state index contributed by atoms with van der Waals surface area (Å²) in [7, 11) is 0. The van der Waals surface area contributed by atoms with Crippen LogP contribution in [-0.2, 0) is 17.8 Å². The molecule has 0 saturated heterocycles. The zero-order chi connectivity index (χ0) is 23.8. The summed E-state index contributed by atoms with van der Waals surface area (Å²) < 4.78 is 5.55. The first-order chi connectivity index (χ1) is 15.8. The highest BCUT2D eigenvalue weighted by Crippen LogP contribution is 2.18. The quantitative estimate of drug-likeness (QED) is 0.418. The maximum absolute atomic E-state index is 13.3. The second-order valence-electron chi connectivity index (χ2n) is 8.71. The number of benzene rings is 2. The minimum Gasteiger partial charge on any atom is -0.466 e. The van der Waals surface area contributed by atoms with Crippen LogP contribution in [0.5, 0.6) is 0 Å². The molecule has 0 bridgehead atoms. The number of aryl methyl sites for hydroxylation is 2. The molecule has 33 heavy (non-hydrogen) atoms. The molecule has 0 aliphatic heterocycles. The average Bonchev–Trinajstić information content (AvgIpc) is 3.15. The largest absolute Gasteiger partial charge is 0.466 e. The van der Waals surface area contributed by atoms with Gasteiger partial charge in [-0.05, 0) is 51.3 Å². The van der Waals surface area contributed by atoms with E-state index in [2.05, 4.69) is 12.1 Å². The summed E-state index contributed by atoms with van der Waals surface area (Å²) in [5.41, 5.74) is 2.87. The number of hydrogen-bond acceptors (Lipinski definition) is 3. The van der Waals surface area contributed by atoms with Gasteiger partial charge >= 0.3 is 0 Å². The van der Waals surface area contributed by atoms with Gasteiger partial charge in [-0.1, -0.05) is 60.7 Å². The Balaban J connectivity index is 1.69. The summed E-state index contributed by atoms with van der Waals surface area (Å²) in [4.78, 5) is 30.1.